The van der Waals surface area contributed by atoms with Crippen molar-refractivity contribution in [2.24, 2.45) is 0 Å². The number of hydrogen-bond donors (Lipinski definition) is 1. The Balaban J connectivity index is 1.40. The highest BCUT2D eigenvalue weighted by Gasteiger charge is 2.21. The Morgan fingerprint density at radius 2 is 1.84 bits per heavy atom. The second-order valence-corrected chi connectivity index (χ2v) is 6.69. The number of anilines is 1. The molecular formula is C20H21N3O2. The van der Waals surface area contributed by atoms with Crippen LogP contribution in [0.4, 0.5) is 6.01 Å². The quantitative estimate of drug-likeness (QED) is 0.765. The van der Waals surface area contributed by atoms with Gasteiger partial charge in [-0.3, -0.25) is 10.1 Å². The van der Waals surface area contributed by atoms with Crippen LogP contribution < -0.4 is 5.32 Å². The zero-order valence-corrected chi connectivity index (χ0v) is 14.1. The number of fused-ring (bicyclic) bond motifs is 1. The lowest BCUT2D eigenvalue weighted by atomic mass is 9.89. The molecular weight excluding hydrogens is 314 g/mol. The standard InChI is InChI=1S/C20H21N3O2/c24-18(13-14-10-11-15-6-4-5-9-17(15)12-14)21-20-23-22-19(25-20)16-7-2-1-3-8-16/h4-6,9-12,16H,1-3,7-8,13H2,(H,21,23,24). The van der Waals surface area contributed by atoms with E-state index in [-0.39, 0.29) is 18.3 Å². The molecule has 0 bridgehead atoms. The van der Waals surface area contributed by atoms with Gasteiger partial charge in [0.05, 0.1) is 6.42 Å². The van der Waals surface area contributed by atoms with Crippen LogP contribution in [-0.2, 0) is 11.2 Å². The van der Waals surface area contributed by atoms with Crippen LogP contribution in [0.1, 0.15) is 49.5 Å². The third-order valence-corrected chi connectivity index (χ3v) is 4.82. The minimum absolute atomic E-state index is 0.144. The molecule has 25 heavy (non-hydrogen) atoms. The summed E-state index contributed by atoms with van der Waals surface area (Å²) >= 11 is 0. The molecule has 0 aliphatic heterocycles. The highest BCUT2D eigenvalue weighted by Crippen LogP contribution is 2.32. The van der Waals surface area contributed by atoms with Crippen molar-refractivity contribution >= 4 is 22.7 Å². The summed E-state index contributed by atoms with van der Waals surface area (Å²) in [6.07, 6.45) is 6.15. The molecule has 3 aromatic rings. The second-order valence-electron chi connectivity index (χ2n) is 6.69. The highest BCUT2D eigenvalue weighted by atomic mass is 16.4. The van der Waals surface area contributed by atoms with Crippen LogP contribution in [0.3, 0.4) is 0 Å². The predicted octanol–water partition coefficient (Wildman–Crippen LogP) is 4.45. The summed E-state index contributed by atoms with van der Waals surface area (Å²) in [5.41, 5.74) is 0.961. The molecule has 1 heterocycles. The van der Waals surface area contributed by atoms with Gasteiger partial charge in [-0.05, 0) is 29.2 Å². The van der Waals surface area contributed by atoms with Gasteiger partial charge in [-0.15, -0.1) is 5.10 Å². The first-order chi connectivity index (χ1) is 12.3. The van der Waals surface area contributed by atoms with Crippen LogP contribution in [0.5, 0.6) is 0 Å². The van der Waals surface area contributed by atoms with E-state index in [2.05, 4.69) is 21.6 Å². The van der Waals surface area contributed by atoms with Gasteiger partial charge in [-0.2, -0.15) is 0 Å². The molecule has 0 spiro atoms. The van der Waals surface area contributed by atoms with Crippen molar-refractivity contribution in [2.45, 2.75) is 44.4 Å². The summed E-state index contributed by atoms with van der Waals surface area (Å²) in [6.45, 7) is 0. The molecule has 0 radical (unpaired) electrons. The summed E-state index contributed by atoms with van der Waals surface area (Å²) in [5, 5.41) is 13.1. The van der Waals surface area contributed by atoms with Crippen molar-refractivity contribution < 1.29 is 9.21 Å². The number of carbonyl (C=O) groups is 1. The van der Waals surface area contributed by atoms with Gasteiger partial charge >= 0.3 is 6.01 Å². The summed E-state index contributed by atoms with van der Waals surface area (Å²) in [6, 6.07) is 14.4. The largest absolute Gasteiger partial charge is 0.408 e. The molecule has 2 aromatic carbocycles. The highest BCUT2D eigenvalue weighted by molar-refractivity contribution is 5.91. The molecule has 1 aromatic heterocycles. The lowest BCUT2D eigenvalue weighted by Gasteiger charge is -2.17. The predicted molar refractivity (Wildman–Crippen MR) is 96.4 cm³/mol. The zero-order valence-electron chi connectivity index (χ0n) is 14.1. The minimum atomic E-state index is -0.144. The number of benzene rings is 2. The molecule has 5 heteroatoms. The Hall–Kier alpha value is -2.69. The van der Waals surface area contributed by atoms with E-state index in [9.17, 15) is 4.79 Å². The Morgan fingerprint density at radius 1 is 1.04 bits per heavy atom. The van der Waals surface area contributed by atoms with E-state index < -0.39 is 0 Å². The third-order valence-electron chi connectivity index (χ3n) is 4.82. The normalized spacial score (nSPS) is 15.4. The van der Waals surface area contributed by atoms with Crippen LogP contribution in [0.2, 0.25) is 0 Å². The molecule has 1 aliphatic carbocycles. The lowest BCUT2D eigenvalue weighted by Crippen LogP contribution is -2.14. The van der Waals surface area contributed by atoms with E-state index >= 15 is 0 Å². The van der Waals surface area contributed by atoms with Gasteiger partial charge in [0.25, 0.3) is 0 Å². The average Bonchev–Trinajstić information content (AvgIpc) is 3.10. The molecule has 1 saturated carbocycles. The van der Waals surface area contributed by atoms with E-state index in [0.717, 1.165) is 23.8 Å². The van der Waals surface area contributed by atoms with Gasteiger partial charge in [0.1, 0.15) is 0 Å². The molecule has 0 unspecified atom stereocenters. The van der Waals surface area contributed by atoms with Crippen molar-refractivity contribution in [3.8, 4) is 0 Å². The van der Waals surface area contributed by atoms with Crippen LogP contribution in [0.15, 0.2) is 46.9 Å². The van der Waals surface area contributed by atoms with Crippen molar-refractivity contribution in [3.05, 3.63) is 53.9 Å². The summed E-state index contributed by atoms with van der Waals surface area (Å²) < 4.78 is 5.65. The number of carbonyl (C=O) groups excluding carboxylic acids is 1. The first-order valence-corrected chi connectivity index (χ1v) is 8.89. The van der Waals surface area contributed by atoms with E-state index in [4.69, 9.17) is 4.42 Å². The molecule has 4 rings (SSSR count). The molecule has 0 atom stereocenters. The first-order valence-electron chi connectivity index (χ1n) is 8.89. The summed E-state index contributed by atoms with van der Waals surface area (Å²) in [5.74, 6) is 0.849. The number of hydrogen-bond acceptors (Lipinski definition) is 4. The fraction of sp³-hybridized carbons (Fsp3) is 0.350. The van der Waals surface area contributed by atoms with Gasteiger partial charge in [-0.1, -0.05) is 66.8 Å². The Morgan fingerprint density at radius 3 is 2.68 bits per heavy atom. The fourth-order valence-corrected chi connectivity index (χ4v) is 3.50. The van der Waals surface area contributed by atoms with Gasteiger partial charge in [0, 0.05) is 5.92 Å². The number of nitrogens with one attached hydrogen (secondary N) is 1. The Labute approximate surface area is 146 Å². The number of nitrogens with zero attached hydrogens (tertiary/aromatic N) is 2. The van der Waals surface area contributed by atoms with E-state index in [1.165, 1.54) is 24.6 Å². The van der Waals surface area contributed by atoms with E-state index in [1.54, 1.807) is 0 Å². The maximum absolute atomic E-state index is 12.3. The maximum atomic E-state index is 12.3. The molecule has 1 fully saturated rings. The topological polar surface area (TPSA) is 68.0 Å². The lowest BCUT2D eigenvalue weighted by molar-refractivity contribution is -0.115. The van der Waals surface area contributed by atoms with Gasteiger partial charge in [0.2, 0.25) is 11.8 Å². The molecule has 0 saturated heterocycles. The number of rotatable bonds is 4. The zero-order chi connectivity index (χ0) is 17.1. The molecule has 1 amide bonds. The first kappa shape index (κ1) is 15.8. The van der Waals surface area contributed by atoms with Crippen LogP contribution in [-0.4, -0.2) is 16.1 Å². The summed E-state index contributed by atoms with van der Waals surface area (Å²) in [7, 11) is 0. The molecule has 128 valence electrons. The minimum Gasteiger partial charge on any atom is -0.408 e. The van der Waals surface area contributed by atoms with Gasteiger partial charge in [-0.25, -0.2) is 0 Å². The van der Waals surface area contributed by atoms with Crippen LogP contribution >= 0.6 is 0 Å². The van der Waals surface area contributed by atoms with Gasteiger partial charge in [0.15, 0.2) is 0 Å². The molecule has 1 N–H and O–H groups in total. The number of aromatic nitrogens is 2. The van der Waals surface area contributed by atoms with Gasteiger partial charge < -0.3 is 4.42 Å². The fourth-order valence-electron chi connectivity index (χ4n) is 3.50. The third kappa shape index (κ3) is 3.71. The number of amides is 1. The average molecular weight is 335 g/mol. The van der Waals surface area contributed by atoms with Crippen molar-refractivity contribution in [2.75, 3.05) is 5.32 Å². The monoisotopic (exact) mass is 335 g/mol. The van der Waals surface area contributed by atoms with Crippen LogP contribution in [0, 0.1) is 0 Å². The Bertz CT molecular complexity index is 881. The van der Waals surface area contributed by atoms with Crippen molar-refractivity contribution in [3.63, 3.8) is 0 Å². The summed E-state index contributed by atoms with van der Waals surface area (Å²) in [4.78, 5) is 12.3. The smallest absolute Gasteiger partial charge is 0.322 e. The molecule has 1 aliphatic rings. The van der Waals surface area contributed by atoms with Crippen molar-refractivity contribution in [1.29, 1.82) is 0 Å². The van der Waals surface area contributed by atoms with Crippen LogP contribution in [0.25, 0.3) is 10.8 Å². The second kappa shape index (κ2) is 7.05. The molecule has 5 nitrogen and oxygen atoms in total. The van der Waals surface area contributed by atoms with Crippen molar-refractivity contribution in [1.82, 2.24) is 10.2 Å². The SMILES string of the molecule is O=C(Cc1ccc2ccccc2c1)Nc1nnc(C2CCCCC2)o1. The van der Waals surface area contributed by atoms with E-state index in [1.807, 2.05) is 36.4 Å². The maximum Gasteiger partial charge on any atom is 0.322 e. The van der Waals surface area contributed by atoms with E-state index in [0.29, 0.717) is 11.8 Å². The Kier molecular flexibility index (Phi) is 4.46.